The third kappa shape index (κ3) is 1.46. The predicted octanol–water partition coefficient (Wildman–Crippen LogP) is 1.83. The van der Waals surface area contributed by atoms with Crippen LogP contribution in [0.3, 0.4) is 0 Å². The Morgan fingerprint density at radius 3 is 2.94 bits per heavy atom. The van der Waals surface area contributed by atoms with Crippen LogP contribution < -0.4 is 0 Å². The van der Waals surface area contributed by atoms with Crippen molar-refractivity contribution in [1.29, 1.82) is 0 Å². The molecule has 2 heterocycles. The molecule has 16 heavy (non-hydrogen) atoms. The van der Waals surface area contributed by atoms with Crippen LogP contribution in [0.2, 0.25) is 0 Å². The molecule has 0 spiro atoms. The quantitative estimate of drug-likeness (QED) is 0.705. The van der Waals surface area contributed by atoms with Crippen LogP contribution in [0.1, 0.15) is 10.4 Å². The maximum Gasteiger partial charge on any atom is 0.256 e. The second-order valence-corrected chi connectivity index (χ2v) is 5.87. The fraction of sp³-hybridized carbons (Fsp3) is 0.273. The first kappa shape index (κ1) is 10.2. The maximum absolute atomic E-state index is 12.2. The largest absolute Gasteiger partial charge is 0.318 e. The number of thioether (sulfide) groups is 2. The van der Waals surface area contributed by atoms with Gasteiger partial charge in [0.25, 0.3) is 5.91 Å². The van der Waals surface area contributed by atoms with Crippen molar-refractivity contribution in [3.8, 4) is 0 Å². The van der Waals surface area contributed by atoms with Crippen LogP contribution in [0.25, 0.3) is 0 Å². The van der Waals surface area contributed by atoms with Gasteiger partial charge in [-0.05, 0) is 23.9 Å². The van der Waals surface area contributed by atoms with Crippen molar-refractivity contribution < 1.29 is 9.59 Å². The highest BCUT2D eigenvalue weighted by Gasteiger charge is 2.39. The van der Waals surface area contributed by atoms with Crippen LogP contribution in [0.5, 0.6) is 0 Å². The van der Waals surface area contributed by atoms with Gasteiger partial charge in [-0.3, -0.25) is 9.59 Å². The Morgan fingerprint density at radius 2 is 2.06 bits per heavy atom. The Labute approximate surface area is 102 Å². The van der Waals surface area contributed by atoms with Gasteiger partial charge in [0, 0.05) is 17.2 Å². The summed E-state index contributed by atoms with van der Waals surface area (Å²) in [5, 5.41) is -0.217. The summed E-state index contributed by atoms with van der Waals surface area (Å²) < 4.78 is 0. The van der Waals surface area contributed by atoms with E-state index in [1.165, 1.54) is 11.8 Å². The van der Waals surface area contributed by atoms with E-state index in [0.29, 0.717) is 12.1 Å². The van der Waals surface area contributed by atoms with Gasteiger partial charge in [0.05, 0.1) is 5.56 Å². The zero-order valence-electron chi connectivity index (χ0n) is 8.38. The number of benzene rings is 1. The highest BCUT2D eigenvalue weighted by molar-refractivity contribution is 8.16. The Hall–Kier alpha value is -0.940. The lowest BCUT2D eigenvalue weighted by molar-refractivity contribution is -0.112. The van der Waals surface area contributed by atoms with Gasteiger partial charge in [-0.1, -0.05) is 12.1 Å². The maximum atomic E-state index is 12.2. The number of carbonyl (C=O) groups is 2. The van der Waals surface area contributed by atoms with Crippen molar-refractivity contribution in [3.05, 3.63) is 29.8 Å². The predicted molar refractivity (Wildman–Crippen MR) is 64.6 cm³/mol. The normalized spacial score (nSPS) is 24.0. The van der Waals surface area contributed by atoms with Crippen LogP contribution in [0.15, 0.2) is 29.2 Å². The molecular formula is C11H9NO2S2. The van der Waals surface area contributed by atoms with E-state index < -0.39 is 0 Å². The van der Waals surface area contributed by atoms with E-state index in [9.17, 15) is 9.59 Å². The van der Waals surface area contributed by atoms with Gasteiger partial charge < -0.3 is 4.90 Å². The summed E-state index contributed by atoms with van der Waals surface area (Å²) in [7, 11) is 0. The Balaban J connectivity index is 2.11. The summed E-state index contributed by atoms with van der Waals surface area (Å²) in [5.41, 5.74) is 0.658. The third-order valence-electron chi connectivity index (χ3n) is 2.68. The van der Waals surface area contributed by atoms with Crippen molar-refractivity contribution in [2.24, 2.45) is 0 Å². The fourth-order valence-electron chi connectivity index (χ4n) is 1.92. The van der Waals surface area contributed by atoms with E-state index in [-0.39, 0.29) is 16.4 Å². The molecule has 1 fully saturated rings. The van der Waals surface area contributed by atoms with Crippen LogP contribution in [-0.4, -0.2) is 33.6 Å². The molecule has 1 aromatic rings. The van der Waals surface area contributed by atoms with E-state index in [2.05, 4.69) is 0 Å². The van der Waals surface area contributed by atoms with Gasteiger partial charge >= 0.3 is 0 Å². The first-order valence-corrected chi connectivity index (χ1v) is 6.87. The fourth-order valence-corrected chi connectivity index (χ4v) is 4.17. The number of hydrogen-bond acceptors (Lipinski definition) is 4. The topological polar surface area (TPSA) is 37.4 Å². The zero-order chi connectivity index (χ0) is 11.1. The van der Waals surface area contributed by atoms with Gasteiger partial charge in [0.15, 0.2) is 0 Å². The minimum absolute atomic E-state index is 0.0102. The number of nitrogens with zero attached hydrogens (tertiary/aromatic N) is 1. The summed E-state index contributed by atoms with van der Waals surface area (Å²) in [5.74, 6) is 0.842. The monoisotopic (exact) mass is 251 g/mol. The SMILES string of the molecule is O=C1Sc2ccccc2C(=O)N2CCS[C@H]12. The number of hydrogen-bond donors (Lipinski definition) is 0. The van der Waals surface area contributed by atoms with Gasteiger partial charge in [0.2, 0.25) is 5.12 Å². The van der Waals surface area contributed by atoms with Gasteiger partial charge in [-0.2, -0.15) is 0 Å². The van der Waals surface area contributed by atoms with Crippen LogP contribution in [0.4, 0.5) is 0 Å². The molecule has 3 rings (SSSR count). The lowest BCUT2D eigenvalue weighted by Crippen LogP contribution is -2.36. The number of fused-ring (bicyclic) bond motifs is 2. The second-order valence-electron chi connectivity index (χ2n) is 3.64. The molecule has 0 aromatic heterocycles. The molecule has 5 heteroatoms. The summed E-state index contributed by atoms with van der Waals surface area (Å²) in [4.78, 5) is 26.6. The molecule has 1 atom stereocenters. The second kappa shape index (κ2) is 3.82. The van der Waals surface area contributed by atoms with E-state index in [4.69, 9.17) is 0 Å². The third-order valence-corrected chi connectivity index (χ3v) is 5.03. The lowest BCUT2D eigenvalue weighted by Gasteiger charge is -2.18. The Morgan fingerprint density at radius 1 is 1.25 bits per heavy atom. The summed E-state index contributed by atoms with van der Waals surface area (Å²) in [6, 6.07) is 7.33. The minimum Gasteiger partial charge on any atom is -0.318 e. The molecule has 3 nitrogen and oxygen atoms in total. The molecule has 1 saturated heterocycles. The van der Waals surface area contributed by atoms with Gasteiger partial charge in [0.1, 0.15) is 5.37 Å². The number of amides is 1. The Kier molecular flexibility index (Phi) is 2.44. The Bertz CT molecular complexity index is 475. The van der Waals surface area contributed by atoms with Crippen molar-refractivity contribution in [3.63, 3.8) is 0 Å². The average Bonchev–Trinajstić information content (AvgIpc) is 2.74. The smallest absolute Gasteiger partial charge is 0.256 e. The van der Waals surface area contributed by atoms with E-state index in [0.717, 1.165) is 10.6 Å². The van der Waals surface area contributed by atoms with E-state index >= 15 is 0 Å². The molecule has 0 N–H and O–H groups in total. The van der Waals surface area contributed by atoms with Gasteiger partial charge in [-0.25, -0.2) is 0 Å². The molecular weight excluding hydrogens is 242 g/mol. The molecule has 1 aromatic carbocycles. The zero-order valence-corrected chi connectivity index (χ0v) is 10.0. The van der Waals surface area contributed by atoms with E-state index in [1.54, 1.807) is 22.7 Å². The lowest BCUT2D eigenvalue weighted by atomic mass is 10.2. The number of carbonyl (C=O) groups excluding carboxylic acids is 2. The van der Waals surface area contributed by atoms with Crippen molar-refractivity contribution >= 4 is 34.5 Å². The molecule has 2 aliphatic rings. The van der Waals surface area contributed by atoms with E-state index in [1.807, 2.05) is 18.2 Å². The van der Waals surface area contributed by atoms with Crippen molar-refractivity contribution in [2.45, 2.75) is 10.3 Å². The summed E-state index contributed by atoms with van der Waals surface area (Å²) in [6.45, 7) is 0.675. The van der Waals surface area contributed by atoms with Crippen molar-refractivity contribution in [2.75, 3.05) is 12.3 Å². The molecule has 0 radical (unpaired) electrons. The van der Waals surface area contributed by atoms with Crippen LogP contribution >= 0.6 is 23.5 Å². The molecule has 0 saturated carbocycles. The van der Waals surface area contributed by atoms with Crippen LogP contribution in [0, 0.1) is 0 Å². The molecule has 82 valence electrons. The molecule has 2 aliphatic heterocycles. The highest BCUT2D eigenvalue weighted by Crippen LogP contribution is 2.37. The van der Waals surface area contributed by atoms with Crippen LogP contribution in [-0.2, 0) is 4.79 Å². The number of rotatable bonds is 0. The first-order valence-electron chi connectivity index (χ1n) is 5.00. The van der Waals surface area contributed by atoms with Gasteiger partial charge in [-0.15, -0.1) is 11.8 Å². The summed E-state index contributed by atoms with van der Waals surface area (Å²) >= 11 is 2.75. The standard InChI is InChI=1S/C11H9NO2S2/c13-9-7-3-1-2-4-8(7)16-11(14)10-12(9)5-6-15-10/h1-4,10H,5-6H2/t10-/m1/s1. The molecule has 1 amide bonds. The highest BCUT2D eigenvalue weighted by atomic mass is 32.2. The molecule has 0 aliphatic carbocycles. The van der Waals surface area contributed by atoms with Crippen molar-refractivity contribution in [1.82, 2.24) is 4.90 Å². The molecule has 0 unspecified atom stereocenters. The minimum atomic E-state index is -0.287. The summed E-state index contributed by atoms with van der Waals surface area (Å²) in [6.07, 6.45) is 0. The average molecular weight is 251 g/mol. The first-order chi connectivity index (χ1) is 7.77. The molecule has 0 bridgehead atoms.